The Kier molecular flexibility index (Phi) is 5.87. The average Bonchev–Trinajstić information content (AvgIpc) is 2.96. The molecule has 1 saturated heterocycles. The molecule has 0 aromatic rings. The van der Waals surface area contributed by atoms with Crippen molar-refractivity contribution in [2.75, 3.05) is 6.54 Å². The Labute approximate surface area is 192 Å². The third-order valence-corrected chi connectivity index (χ3v) is 11.2. The number of aliphatic hydroxyl groups is 1. The van der Waals surface area contributed by atoms with Crippen LogP contribution in [0.5, 0.6) is 0 Å². The Bertz CT molecular complexity index is 774. The first-order chi connectivity index (χ1) is 14.4. The Morgan fingerprint density at radius 1 is 1.06 bits per heavy atom. The van der Waals surface area contributed by atoms with E-state index in [1.807, 2.05) is 0 Å². The number of nitrogens with one attached hydrogen (secondary N) is 1. The van der Waals surface area contributed by atoms with Gasteiger partial charge in [-0.1, -0.05) is 57.4 Å². The Balaban J connectivity index is 1.65. The van der Waals surface area contributed by atoms with Crippen LogP contribution in [-0.2, 0) is 0 Å². The lowest BCUT2D eigenvalue weighted by molar-refractivity contribution is -0.0938. The first kappa shape index (κ1) is 23.6. The summed E-state index contributed by atoms with van der Waals surface area (Å²) in [5, 5.41) is 14.9. The fraction of sp³-hybridized carbons (Fsp3) is 0.862. The van der Waals surface area contributed by atoms with Gasteiger partial charge in [0.25, 0.3) is 0 Å². The zero-order valence-corrected chi connectivity index (χ0v) is 21.7. The molecule has 2 N–H and O–H groups in total. The minimum absolute atomic E-state index is 0.0261. The third kappa shape index (κ3) is 3.33. The van der Waals surface area contributed by atoms with Gasteiger partial charge in [0.15, 0.2) is 0 Å². The van der Waals surface area contributed by atoms with E-state index < -0.39 is 0 Å². The molecule has 2 unspecified atom stereocenters. The van der Waals surface area contributed by atoms with Crippen molar-refractivity contribution < 1.29 is 5.11 Å². The van der Waals surface area contributed by atoms with Gasteiger partial charge in [-0.15, -0.1) is 0 Å². The second-order valence-electron chi connectivity index (χ2n) is 13.2. The van der Waals surface area contributed by atoms with Crippen molar-refractivity contribution in [1.29, 1.82) is 0 Å². The van der Waals surface area contributed by atoms with Crippen molar-refractivity contribution in [3.63, 3.8) is 0 Å². The highest BCUT2D eigenvalue weighted by Gasteiger charge is 2.63. The minimum atomic E-state index is -0.146. The summed E-state index contributed by atoms with van der Waals surface area (Å²) in [7, 11) is 0. The molecule has 176 valence electrons. The smallest absolute Gasteiger partial charge is 0.0594 e. The fourth-order valence-electron chi connectivity index (χ4n) is 8.91. The molecule has 2 nitrogen and oxygen atoms in total. The van der Waals surface area contributed by atoms with Crippen LogP contribution in [0.3, 0.4) is 0 Å². The zero-order valence-electron chi connectivity index (χ0n) is 21.7. The maximum atomic E-state index is 10.8. The number of hydrogen-bond donors (Lipinski definition) is 2. The molecule has 0 aromatic heterocycles. The van der Waals surface area contributed by atoms with Gasteiger partial charge in [-0.05, 0) is 113 Å². The van der Waals surface area contributed by atoms with Crippen LogP contribution >= 0.6 is 0 Å². The van der Waals surface area contributed by atoms with Gasteiger partial charge in [0, 0.05) is 5.54 Å². The summed E-state index contributed by atoms with van der Waals surface area (Å²) in [6.07, 6.45) is 12.0. The van der Waals surface area contributed by atoms with Crippen molar-refractivity contribution in [3.8, 4) is 0 Å². The van der Waals surface area contributed by atoms with Crippen molar-refractivity contribution in [1.82, 2.24) is 5.32 Å². The Hall–Kier alpha value is -0.600. The third-order valence-electron chi connectivity index (χ3n) is 11.2. The van der Waals surface area contributed by atoms with Crippen LogP contribution in [0.1, 0.15) is 107 Å². The zero-order chi connectivity index (χ0) is 22.8. The van der Waals surface area contributed by atoms with Gasteiger partial charge in [0.05, 0.1) is 6.10 Å². The monoisotopic (exact) mass is 427 g/mol. The van der Waals surface area contributed by atoms with Crippen molar-refractivity contribution in [2.45, 2.75) is 118 Å². The van der Waals surface area contributed by atoms with Crippen LogP contribution in [0.2, 0.25) is 0 Å². The van der Waals surface area contributed by atoms with E-state index in [0.717, 1.165) is 24.7 Å². The van der Waals surface area contributed by atoms with E-state index in [1.165, 1.54) is 50.6 Å². The summed E-state index contributed by atoms with van der Waals surface area (Å²) in [6.45, 7) is 20.5. The largest absolute Gasteiger partial charge is 0.393 e. The second kappa shape index (κ2) is 7.73. The van der Waals surface area contributed by atoms with Crippen LogP contribution in [0, 0.1) is 34.0 Å². The molecule has 7 atom stereocenters. The molecule has 0 radical (unpaired) electrons. The predicted molar refractivity (Wildman–Crippen MR) is 132 cm³/mol. The predicted octanol–water partition coefficient (Wildman–Crippen LogP) is 7.04. The first-order valence-electron chi connectivity index (χ1n) is 13.2. The molecule has 1 heterocycles. The minimum Gasteiger partial charge on any atom is -0.393 e. The second-order valence-corrected chi connectivity index (χ2v) is 13.2. The van der Waals surface area contributed by atoms with Gasteiger partial charge in [-0.25, -0.2) is 0 Å². The molecule has 3 aliphatic carbocycles. The lowest BCUT2D eigenvalue weighted by atomic mass is 9.44. The van der Waals surface area contributed by atoms with Crippen LogP contribution in [0.25, 0.3) is 0 Å². The summed E-state index contributed by atoms with van der Waals surface area (Å²) < 4.78 is 0. The first-order valence-corrected chi connectivity index (χ1v) is 13.2. The summed E-state index contributed by atoms with van der Waals surface area (Å²) in [5.74, 6) is 2.12. The molecule has 1 saturated carbocycles. The Morgan fingerprint density at radius 2 is 1.77 bits per heavy atom. The van der Waals surface area contributed by atoms with E-state index in [9.17, 15) is 5.11 Å². The van der Waals surface area contributed by atoms with Crippen molar-refractivity contribution >= 4 is 0 Å². The highest BCUT2D eigenvalue weighted by molar-refractivity contribution is 5.42. The quantitative estimate of drug-likeness (QED) is 0.471. The molecule has 0 amide bonds. The van der Waals surface area contributed by atoms with Crippen LogP contribution in [0.4, 0.5) is 0 Å². The molecule has 2 heteroatoms. The molecule has 2 fully saturated rings. The molecule has 0 aromatic carbocycles. The molecule has 0 bridgehead atoms. The molecule has 4 aliphatic rings. The topological polar surface area (TPSA) is 32.3 Å². The van der Waals surface area contributed by atoms with Crippen molar-refractivity contribution in [2.24, 2.45) is 34.0 Å². The highest BCUT2D eigenvalue weighted by atomic mass is 16.3. The lowest BCUT2D eigenvalue weighted by Gasteiger charge is -2.61. The van der Waals surface area contributed by atoms with E-state index >= 15 is 0 Å². The van der Waals surface area contributed by atoms with Gasteiger partial charge in [-0.2, -0.15) is 0 Å². The fourth-order valence-corrected chi connectivity index (χ4v) is 8.91. The molecule has 31 heavy (non-hydrogen) atoms. The molecule has 1 aliphatic heterocycles. The van der Waals surface area contributed by atoms with Gasteiger partial charge in [0.1, 0.15) is 0 Å². The molecule has 0 spiro atoms. The summed E-state index contributed by atoms with van der Waals surface area (Å²) in [6, 6.07) is 0. The van der Waals surface area contributed by atoms with Gasteiger partial charge >= 0.3 is 0 Å². The van der Waals surface area contributed by atoms with Crippen LogP contribution in [-0.4, -0.2) is 23.3 Å². The number of hydrogen-bond acceptors (Lipinski definition) is 2. The Morgan fingerprint density at radius 3 is 2.45 bits per heavy atom. The van der Waals surface area contributed by atoms with Crippen molar-refractivity contribution in [3.05, 3.63) is 22.8 Å². The molecule has 4 rings (SSSR count). The summed E-state index contributed by atoms with van der Waals surface area (Å²) in [5.41, 5.74) is 5.80. The molecular weight excluding hydrogens is 378 g/mol. The molecular formula is C29H49NO. The summed E-state index contributed by atoms with van der Waals surface area (Å²) >= 11 is 0. The maximum Gasteiger partial charge on any atom is 0.0594 e. The highest BCUT2D eigenvalue weighted by Crippen LogP contribution is 2.67. The van der Waals surface area contributed by atoms with Crippen LogP contribution < -0.4 is 5.32 Å². The number of allylic oxidation sites excluding steroid dienone is 3. The number of aliphatic hydroxyl groups excluding tert-OH is 1. The number of rotatable bonds is 4. The van der Waals surface area contributed by atoms with E-state index in [4.69, 9.17) is 0 Å². The van der Waals surface area contributed by atoms with E-state index in [0.29, 0.717) is 11.3 Å². The van der Waals surface area contributed by atoms with Crippen LogP contribution in [0.15, 0.2) is 22.8 Å². The summed E-state index contributed by atoms with van der Waals surface area (Å²) in [4.78, 5) is 0. The van der Waals surface area contributed by atoms with E-state index in [-0.39, 0.29) is 22.5 Å². The van der Waals surface area contributed by atoms with E-state index in [2.05, 4.69) is 66.8 Å². The average molecular weight is 428 g/mol. The SMILES string of the molecule is CC(C)=CCC[C@@H](C)[C@H]1CN[C@@]2(C)C3=C(CC[C@]12C)[C@@]1(C)CCC(O)C(C)(C)C1CC3. The maximum absolute atomic E-state index is 10.8. The normalized spacial score (nSPS) is 44.9. The number of fused-ring (bicyclic) bond motifs is 4. The van der Waals surface area contributed by atoms with E-state index in [1.54, 1.807) is 11.1 Å². The van der Waals surface area contributed by atoms with Gasteiger partial charge in [-0.3, -0.25) is 0 Å². The van der Waals surface area contributed by atoms with Gasteiger partial charge in [0.2, 0.25) is 0 Å². The standard InChI is InChI=1S/C29H49NO/c1-19(2)10-9-11-20(3)23-18-30-29(8)22-12-13-24-26(4,5)25(31)15-16-27(24,6)21(22)14-17-28(23,29)7/h10,20,23-25,30-31H,9,11-18H2,1-8H3/t20-,23-,24?,25?,27-,28-,29+/m1/s1. The lowest BCUT2D eigenvalue weighted by Crippen LogP contribution is -2.59. The van der Waals surface area contributed by atoms with Gasteiger partial charge < -0.3 is 10.4 Å².